The molecule has 1 aliphatic carbocycles. The first kappa shape index (κ1) is 8.68. The molecule has 2 heteroatoms. The zero-order valence-electron chi connectivity index (χ0n) is 5.02. The summed E-state index contributed by atoms with van der Waals surface area (Å²) in [5, 5.41) is 0. The number of hydrogen-bond acceptors (Lipinski definition) is 1. The SMILES string of the molecule is [CH-]1CCCCC1.[O]=[Zr]. The van der Waals surface area contributed by atoms with Gasteiger partial charge in [-0.05, 0) is 0 Å². The molecule has 8 heavy (non-hydrogen) atoms. The Hall–Kier alpha value is 0.683. The van der Waals surface area contributed by atoms with Gasteiger partial charge in [0.05, 0.1) is 0 Å². The molecule has 0 atom stereocenters. The molecule has 0 bridgehead atoms. The van der Waals surface area contributed by atoms with Crippen molar-refractivity contribution in [1.29, 1.82) is 0 Å². The molecule has 0 N–H and O–H groups in total. The average molecular weight is 190 g/mol. The summed E-state index contributed by atoms with van der Waals surface area (Å²) >= 11 is 0.300. The molecule has 1 rings (SSSR count). The second-order valence-electron chi connectivity index (χ2n) is 1.93. The fourth-order valence-electron chi connectivity index (χ4n) is 0.898. The molecule has 0 spiro atoms. The molecule has 0 amide bonds. The summed E-state index contributed by atoms with van der Waals surface area (Å²) in [4.78, 5) is 0. The van der Waals surface area contributed by atoms with Gasteiger partial charge in [-0.25, -0.2) is 0 Å². The number of rotatable bonds is 0. The van der Waals surface area contributed by atoms with E-state index in [1.54, 1.807) is 0 Å². The molecule has 1 aliphatic rings. The third-order valence-electron chi connectivity index (χ3n) is 1.32. The molecule has 1 fully saturated rings. The Bertz CT molecular complexity index is 32.3. The van der Waals surface area contributed by atoms with Crippen molar-refractivity contribution in [2.75, 3.05) is 0 Å². The molecule has 0 aliphatic heterocycles. The van der Waals surface area contributed by atoms with Crippen LogP contribution >= 0.6 is 0 Å². The molecular weight excluding hydrogens is 179 g/mol. The van der Waals surface area contributed by atoms with E-state index < -0.39 is 0 Å². The van der Waals surface area contributed by atoms with Gasteiger partial charge in [0.1, 0.15) is 0 Å². The van der Waals surface area contributed by atoms with E-state index in [2.05, 4.69) is 6.42 Å². The molecular formula is C6H11OZr-. The van der Waals surface area contributed by atoms with Gasteiger partial charge >= 0.3 is 27.5 Å². The molecule has 1 nitrogen and oxygen atoms in total. The molecule has 0 unspecified atom stereocenters. The summed E-state index contributed by atoms with van der Waals surface area (Å²) in [7, 11) is 0. The zero-order valence-corrected chi connectivity index (χ0v) is 7.48. The van der Waals surface area contributed by atoms with Gasteiger partial charge in [-0.15, -0.1) is 0 Å². The van der Waals surface area contributed by atoms with Gasteiger partial charge in [0.15, 0.2) is 0 Å². The molecule has 0 saturated heterocycles. The predicted molar refractivity (Wildman–Crippen MR) is 28.1 cm³/mol. The van der Waals surface area contributed by atoms with Crippen LogP contribution in [0.3, 0.4) is 0 Å². The molecule has 1 saturated carbocycles. The minimum atomic E-state index is 0.300. The van der Waals surface area contributed by atoms with Crippen LogP contribution in [0.1, 0.15) is 32.1 Å². The van der Waals surface area contributed by atoms with E-state index in [9.17, 15) is 0 Å². The summed E-state index contributed by atoms with van der Waals surface area (Å²) < 4.78 is 8.34. The Kier molecular flexibility index (Phi) is 8.34. The van der Waals surface area contributed by atoms with Crippen LogP contribution in [0.2, 0.25) is 0 Å². The van der Waals surface area contributed by atoms with Crippen molar-refractivity contribution in [2.45, 2.75) is 32.1 Å². The van der Waals surface area contributed by atoms with Crippen LogP contribution in [0.25, 0.3) is 0 Å². The van der Waals surface area contributed by atoms with E-state index in [-0.39, 0.29) is 0 Å². The van der Waals surface area contributed by atoms with Crippen LogP contribution in [0.5, 0.6) is 0 Å². The van der Waals surface area contributed by atoms with Gasteiger partial charge in [-0.2, -0.15) is 12.8 Å². The second-order valence-corrected chi connectivity index (χ2v) is 1.93. The summed E-state index contributed by atoms with van der Waals surface area (Å²) in [6, 6.07) is 0. The fraction of sp³-hybridized carbons (Fsp3) is 0.833. The Balaban J connectivity index is 0.000000222. The molecule has 0 radical (unpaired) electrons. The Morgan fingerprint density at radius 3 is 1.62 bits per heavy atom. The first-order valence-electron chi connectivity index (χ1n) is 3.02. The van der Waals surface area contributed by atoms with Gasteiger partial charge < -0.3 is 6.42 Å². The van der Waals surface area contributed by atoms with Crippen LogP contribution in [-0.4, -0.2) is 0 Å². The first-order valence-corrected chi connectivity index (χ1v) is 4.02. The monoisotopic (exact) mass is 189 g/mol. The standard InChI is InChI=1S/C6H11.O.Zr/c1-2-4-6-5-3-1;;/h1H,2-6H2;;/q-1;;. The van der Waals surface area contributed by atoms with Crippen molar-refractivity contribution >= 4 is 0 Å². The Labute approximate surface area is 66.1 Å². The van der Waals surface area contributed by atoms with Crippen LogP contribution in [0.4, 0.5) is 0 Å². The summed E-state index contributed by atoms with van der Waals surface area (Å²) in [6.07, 6.45) is 9.50. The van der Waals surface area contributed by atoms with E-state index >= 15 is 0 Å². The Morgan fingerprint density at radius 1 is 1.00 bits per heavy atom. The Morgan fingerprint density at radius 2 is 1.50 bits per heavy atom. The van der Waals surface area contributed by atoms with E-state index in [0.29, 0.717) is 24.7 Å². The second kappa shape index (κ2) is 7.68. The summed E-state index contributed by atoms with van der Waals surface area (Å²) in [5.74, 6) is 0. The molecule has 0 heterocycles. The van der Waals surface area contributed by atoms with Crippen molar-refractivity contribution in [1.82, 2.24) is 0 Å². The van der Waals surface area contributed by atoms with E-state index in [0.717, 1.165) is 0 Å². The van der Waals surface area contributed by atoms with Gasteiger partial charge in [0.2, 0.25) is 0 Å². The average Bonchev–Trinajstić information content (AvgIpc) is 1.96. The molecule has 0 aromatic rings. The van der Waals surface area contributed by atoms with Crippen molar-refractivity contribution in [2.24, 2.45) is 0 Å². The topological polar surface area (TPSA) is 17.1 Å². The maximum atomic E-state index is 8.34. The number of hydrogen-bond donors (Lipinski definition) is 0. The third kappa shape index (κ3) is 4.83. The quantitative estimate of drug-likeness (QED) is 0.534. The van der Waals surface area contributed by atoms with Crippen LogP contribution in [-0.2, 0) is 27.5 Å². The van der Waals surface area contributed by atoms with E-state index in [1.807, 2.05) is 0 Å². The van der Waals surface area contributed by atoms with Gasteiger partial charge in [-0.3, -0.25) is 0 Å². The molecule has 46 valence electrons. The van der Waals surface area contributed by atoms with Crippen molar-refractivity contribution in [3.8, 4) is 0 Å². The van der Waals surface area contributed by atoms with Crippen molar-refractivity contribution < 1.29 is 27.5 Å². The van der Waals surface area contributed by atoms with Crippen molar-refractivity contribution in [3.05, 3.63) is 6.42 Å². The van der Waals surface area contributed by atoms with Crippen LogP contribution < -0.4 is 0 Å². The summed E-state index contributed by atoms with van der Waals surface area (Å²) in [5.41, 5.74) is 0. The van der Waals surface area contributed by atoms with Crippen LogP contribution in [0, 0.1) is 6.42 Å². The fourth-order valence-corrected chi connectivity index (χ4v) is 0.898. The van der Waals surface area contributed by atoms with E-state index in [1.165, 1.54) is 32.1 Å². The molecule has 0 aromatic heterocycles. The van der Waals surface area contributed by atoms with Crippen LogP contribution in [0.15, 0.2) is 0 Å². The molecule has 0 aromatic carbocycles. The predicted octanol–water partition coefficient (Wildman–Crippen LogP) is 2.03. The first-order chi connectivity index (χ1) is 4.00. The summed E-state index contributed by atoms with van der Waals surface area (Å²) in [6.45, 7) is 0. The minimum absolute atomic E-state index is 0.300. The normalized spacial score (nSPS) is 18.4. The van der Waals surface area contributed by atoms with Gasteiger partial charge in [0.25, 0.3) is 0 Å². The van der Waals surface area contributed by atoms with Gasteiger partial charge in [-0.1, -0.05) is 19.3 Å². The van der Waals surface area contributed by atoms with E-state index in [4.69, 9.17) is 2.81 Å². The van der Waals surface area contributed by atoms with Gasteiger partial charge in [0, 0.05) is 0 Å². The van der Waals surface area contributed by atoms with Crippen molar-refractivity contribution in [3.63, 3.8) is 0 Å². The zero-order chi connectivity index (χ0) is 6.24. The maximum absolute atomic E-state index is 8.34. The third-order valence-corrected chi connectivity index (χ3v) is 1.32.